The van der Waals surface area contributed by atoms with E-state index in [1.54, 1.807) is 0 Å². The van der Waals surface area contributed by atoms with Gasteiger partial charge in [0.05, 0.1) is 15.6 Å². The molecule has 3 rings (SSSR count). The highest BCUT2D eigenvalue weighted by Crippen LogP contribution is 2.41. The molecule has 2 aliphatic rings. The summed E-state index contributed by atoms with van der Waals surface area (Å²) in [6.07, 6.45) is 5.19. The minimum Gasteiger partial charge on any atom is -0.359 e. The molecule has 4 heteroatoms. The summed E-state index contributed by atoms with van der Waals surface area (Å²) in [6.45, 7) is 4.64. The first kappa shape index (κ1) is 11.6. The number of thiophene rings is 1. The first-order valence-electron chi connectivity index (χ1n) is 6.45. The van der Waals surface area contributed by atoms with E-state index in [1.807, 2.05) is 23.1 Å². The Morgan fingerprint density at radius 1 is 1.29 bits per heavy atom. The molecule has 1 fully saturated rings. The smallest absolute Gasteiger partial charge is 0.115 e. The van der Waals surface area contributed by atoms with Crippen LogP contribution in [-0.4, -0.2) is 29.6 Å². The Balaban J connectivity index is 1.83. The number of fused-ring (bicyclic) bond motifs is 1. The van der Waals surface area contributed by atoms with Crippen molar-refractivity contribution in [3.05, 3.63) is 10.9 Å². The molecule has 17 heavy (non-hydrogen) atoms. The van der Waals surface area contributed by atoms with Crippen molar-refractivity contribution in [3.8, 4) is 0 Å². The summed E-state index contributed by atoms with van der Waals surface area (Å²) in [5.74, 6) is 2.37. The predicted molar refractivity (Wildman–Crippen MR) is 76.9 cm³/mol. The lowest BCUT2D eigenvalue weighted by Crippen LogP contribution is -2.37. The van der Waals surface area contributed by atoms with Gasteiger partial charge in [0.25, 0.3) is 0 Å². The van der Waals surface area contributed by atoms with Gasteiger partial charge in [0.15, 0.2) is 0 Å². The second-order valence-corrected chi connectivity index (χ2v) is 6.98. The van der Waals surface area contributed by atoms with Crippen molar-refractivity contribution < 1.29 is 0 Å². The van der Waals surface area contributed by atoms with Crippen molar-refractivity contribution in [1.29, 1.82) is 0 Å². The molecule has 0 bridgehead atoms. The van der Waals surface area contributed by atoms with Crippen LogP contribution in [0.1, 0.15) is 31.1 Å². The lowest BCUT2D eigenvalue weighted by Gasteiger charge is -2.30. The van der Waals surface area contributed by atoms with Gasteiger partial charge in [0.1, 0.15) is 5.84 Å². The maximum Gasteiger partial charge on any atom is 0.115 e. The van der Waals surface area contributed by atoms with Gasteiger partial charge in [0.2, 0.25) is 0 Å². The van der Waals surface area contributed by atoms with Crippen LogP contribution in [0.3, 0.4) is 0 Å². The van der Waals surface area contributed by atoms with E-state index in [0.717, 1.165) is 12.2 Å². The summed E-state index contributed by atoms with van der Waals surface area (Å²) >= 11 is 3.89. The highest BCUT2D eigenvalue weighted by Gasteiger charge is 2.21. The predicted octanol–water partition coefficient (Wildman–Crippen LogP) is 3.93. The standard InChI is InChI=1S/C13H18N2S2/c1-2-10-8-11-13(17-10)16-9-12(14-11)15-6-4-3-5-7-15/h8H,2-7,9H2,1H3. The van der Waals surface area contributed by atoms with E-state index in [2.05, 4.69) is 17.9 Å². The average Bonchev–Trinajstić information content (AvgIpc) is 2.81. The molecule has 2 nitrogen and oxygen atoms in total. The van der Waals surface area contributed by atoms with Crippen molar-refractivity contribution in [2.75, 3.05) is 18.8 Å². The molecular formula is C13H18N2S2. The lowest BCUT2D eigenvalue weighted by atomic mass is 10.1. The van der Waals surface area contributed by atoms with Gasteiger partial charge in [-0.25, -0.2) is 4.99 Å². The van der Waals surface area contributed by atoms with E-state index in [1.165, 1.54) is 53.0 Å². The summed E-state index contributed by atoms with van der Waals surface area (Å²) in [6, 6.07) is 2.27. The number of aliphatic imine (C=N–C) groups is 1. The number of likely N-dealkylation sites (tertiary alicyclic amines) is 1. The Morgan fingerprint density at radius 2 is 2.12 bits per heavy atom. The Hall–Kier alpha value is -0.480. The van der Waals surface area contributed by atoms with E-state index in [0.29, 0.717) is 0 Å². The normalized spacial score (nSPS) is 20.1. The Labute approximate surface area is 111 Å². The van der Waals surface area contributed by atoms with Crippen molar-refractivity contribution in [2.45, 2.75) is 36.8 Å². The molecule has 1 aromatic heterocycles. The number of hydrogen-bond donors (Lipinski definition) is 0. The molecule has 0 amide bonds. The quantitative estimate of drug-likeness (QED) is 0.765. The van der Waals surface area contributed by atoms with Gasteiger partial charge in [-0.2, -0.15) is 0 Å². The average molecular weight is 266 g/mol. The molecule has 3 heterocycles. The minimum absolute atomic E-state index is 1.07. The Kier molecular flexibility index (Phi) is 3.43. The molecule has 1 saturated heterocycles. The summed E-state index contributed by atoms with van der Waals surface area (Å²) in [7, 11) is 0. The van der Waals surface area contributed by atoms with Crippen molar-refractivity contribution in [3.63, 3.8) is 0 Å². The minimum atomic E-state index is 1.07. The highest BCUT2D eigenvalue weighted by atomic mass is 32.2. The van der Waals surface area contributed by atoms with E-state index in [4.69, 9.17) is 4.99 Å². The first-order valence-corrected chi connectivity index (χ1v) is 8.25. The number of piperidine rings is 1. The number of rotatable bonds is 1. The maximum absolute atomic E-state index is 4.87. The molecule has 1 aromatic rings. The molecule has 0 atom stereocenters. The van der Waals surface area contributed by atoms with Crippen molar-refractivity contribution >= 4 is 34.6 Å². The SMILES string of the molecule is CCc1cc2c(s1)SCC(N1CCCCC1)=N2. The number of thioether (sulfide) groups is 1. The van der Waals surface area contributed by atoms with Crippen LogP contribution < -0.4 is 0 Å². The molecular weight excluding hydrogens is 248 g/mol. The van der Waals surface area contributed by atoms with Crippen molar-refractivity contribution in [2.24, 2.45) is 4.99 Å². The van der Waals surface area contributed by atoms with Gasteiger partial charge in [-0.1, -0.05) is 6.92 Å². The fourth-order valence-electron chi connectivity index (χ4n) is 2.38. The summed E-state index contributed by atoms with van der Waals surface area (Å²) in [5, 5.41) is 0. The van der Waals surface area contributed by atoms with Gasteiger partial charge in [-0.15, -0.1) is 23.1 Å². The molecule has 0 saturated carbocycles. The topological polar surface area (TPSA) is 15.6 Å². The van der Waals surface area contributed by atoms with Gasteiger partial charge < -0.3 is 4.90 Å². The van der Waals surface area contributed by atoms with Crippen LogP contribution in [0.4, 0.5) is 5.69 Å². The summed E-state index contributed by atoms with van der Waals surface area (Å²) in [5.41, 5.74) is 1.23. The number of nitrogens with zero attached hydrogens (tertiary/aromatic N) is 2. The molecule has 0 N–H and O–H groups in total. The highest BCUT2D eigenvalue weighted by molar-refractivity contribution is 8.02. The zero-order valence-electron chi connectivity index (χ0n) is 10.2. The van der Waals surface area contributed by atoms with Crippen LogP contribution in [0, 0.1) is 0 Å². The third kappa shape index (κ3) is 2.38. The summed E-state index contributed by atoms with van der Waals surface area (Å²) in [4.78, 5) is 8.82. The molecule has 92 valence electrons. The largest absolute Gasteiger partial charge is 0.359 e. The van der Waals surface area contributed by atoms with E-state index >= 15 is 0 Å². The maximum atomic E-state index is 4.87. The van der Waals surface area contributed by atoms with Crippen LogP contribution in [0.5, 0.6) is 0 Å². The van der Waals surface area contributed by atoms with E-state index < -0.39 is 0 Å². The zero-order chi connectivity index (χ0) is 11.7. The third-order valence-corrected chi connectivity index (χ3v) is 5.92. The van der Waals surface area contributed by atoms with E-state index in [-0.39, 0.29) is 0 Å². The van der Waals surface area contributed by atoms with Crippen LogP contribution in [-0.2, 0) is 6.42 Å². The molecule has 0 spiro atoms. The molecule has 0 radical (unpaired) electrons. The number of hydrogen-bond acceptors (Lipinski definition) is 4. The second-order valence-electron chi connectivity index (χ2n) is 4.60. The van der Waals surface area contributed by atoms with Gasteiger partial charge in [0, 0.05) is 18.0 Å². The third-order valence-electron chi connectivity index (χ3n) is 3.38. The van der Waals surface area contributed by atoms with Crippen LogP contribution in [0.2, 0.25) is 0 Å². The number of aryl methyl sites for hydroxylation is 1. The van der Waals surface area contributed by atoms with Crippen LogP contribution in [0.25, 0.3) is 0 Å². The van der Waals surface area contributed by atoms with Gasteiger partial charge in [-0.05, 0) is 31.7 Å². The van der Waals surface area contributed by atoms with Gasteiger partial charge in [-0.3, -0.25) is 0 Å². The lowest BCUT2D eigenvalue weighted by molar-refractivity contribution is 0.341. The number of amidine groups is 1. The molecule has 0 aromatic carbocycles. The first-order chi connectivity index (χ1) is 8.36. The van der Waals surface area contributed by atoms with Crippen LogP contribution >= 0.6 is 23.1 Å². The molecule has 0 aliphatic carbocycles. The zero-order valence-corrected chi connectivity index (χ0v) is 11.9. The fraction of sp³-hybridized carbons (Fsp3) is 0.615. The molecule has 2 aliphatic heterocycles. The van der Waals surface area contributed by atoms with Crippen molar-refractivity contribution in [1.82, 2.24) is 4.90 Å². The monoisotopic (exact) mass is 266 g/mol. The molecule has 0 unspecified atom stereocenters. The Morgan fingerprint density at radius 3 is 2.88 bits per heavy atom. The van der Waals surface area contributed by atoms with E-state index in [9.17, 15) is 0 Å². The fourth-order valence-corrected chi connectivity index (χ4v) is 4.64. The second kappa shape index (κ2) is 5.02. The Bertz CT molecular complexity index is 431. The van der Waals surface area contributed by atoms with Gasteiger partial charge >= 0.3 is 0 Å². The van der Waals surface area contributed by atoms with Crippen LogP contribution in [0.15, 0.2) is 15.3 Å². The summed E-state index contributed by atoms with van der Waals surface area (Å²) < 4.78 is 1.42.